The lowest BCUT2D eigenvalue weighted by molar-refractivity contribution is 0.115. The molecule has 0 aromatic heterocycles. The molecule has 0 saturated heterocycles. The summed E-state index contributed by atoms with van der Waals surface area (Å²) in [7, 11) is 0. The van der Waals surface area contributed by atoms with E-state index in [1.54, 1.807) is 0 Å². The number of nitrogens with zero attached hydrogens (tertiary/aromatic N) is 1. The Balaban J connectivity index is 3.22. The van der Waals surface area contributed by atoms with Gasteiger partial charge in [0.2, 0.25) is 0 Å². The average molecular weight is 267 g/mol. The zero-order chi connectivity index (χ0) is 14.8. The van der Waals surface area contributed by atoms with E-state index in [2.05, 4.69) is 48.5 Å². The van der Waals surface area contributed by atoms with Crippen LogP contribution in [0, 0.1) is 10.8 Å². The van der Waals surface area contributed by atoms with Crippen LogP contribution in [0.3, 0.4) is 0 Å². The lowest BCUT2D eigenvalue weighted by Gasteiger charge is -2.32. The Bertz CT molecular complexity index is 369. The third-order valence-corrected chi connectivity index (χ3v) is 3.62. The summed E-state index contributed by atoms with van der Waals surface area (Å²) < 4.78 is 5.46. The molecule has 0 spiro atoms. The summed E-state index contributed by atoms with van der Waals surface area (Å²) in [6, 6.07) is 0. The molecular weight excluding hydrogens is 238 g/mol. The third kappa shape index (κ3) is 3.99. The summed E-state index contributed by atoms with van der Waals surface area (Å²) in [4.78, 5) is 13.9. The van der Waals surface area contributed by atoms with Gasteiger partial charge in [0.15, 0.2) is 0 Å². The van der Waals surface area contributed by atoms with E-state index in [0.29, 0.717) is 13.2 Å². The van der Waals surface area contributed by atoms with Crippen molar-refractivity contribution < 1.29 is 9.53 Å². The highest BCUT2D eigenvalue weighted by Crippen LogP contribution is 2.38. The Morgan fingerprint density at radius 1 is 1.05 bits per heavy atom. The van der Waals surface area contributed by atoms with Gasteiger partial charge in [-0.25, -0.2) is 4.79 Å². The normalized spacial score (nSPS) is 18.5. The van der Waals surface area contributed by atoms with E-state index in [0.717, 1.165) is 13.0 Å². The number of carbonyl (C=O) groups is 1. The molecule has 1 amide bonds. The van der Waals surface area contributed by atoms with Crippen molar-refractivity contribution >= 4 is 6.09 Å². The van der Waals surface area contributed by atoms with Crippen LogP contribution in [-0.2, 0) is 4.74 Å². The molecule has 3 heteroatoms. The van der Waals surface area contributed by atoms with Gasteiger partial charge in [-0.3, -0.25) is 0 Å². The van der Waals surface area contributed by atoms with Gasteiger partial charge in [0.05, 0.1) is 0 Å². The lowest BCUT2D eigenvalue weighted by atomic mass is 9.75. The molecule has 0 fully saturated rings. The summed E-state index contributed by atoms with van der Waals surface area (Å²) in [5.74, 6) is 0. The summed E-state index contributed by atoms with van der Waals surface area (Å²) in [6.45, 7) is 17.2. The maximum Gasteiger partial charge on any atom is 0.410 e. The first-order chi connectivity index (χ1) is 8.57. The van der Waals surface area contributed by atoms with Crippen LogP contribution in [0.25, 0.3) is 0 Å². The van der Waals surface area contributed by atoms with Crippen molar-refractivity contribution in [2.45, 2.75) is 54.9 Å². The molecule has 0 saturated carbocycles. The van der Waals surface area contributed by atoms with Crippen LogP contribution in [0.5, 0.6) is 0 Å². The van der Waals surface area contributed by atoms with Gasteiger partial charge in [-0.15, -0.1) is 0 Å². The van der Waals surface area contributed by atoms with Gasteiger partial charge in [-0.05, 0) is 28.4 Å². The Morgan fingerprint density at radius 3 is 2.00 bits per heavy atom. The van der Waals surface area contributed by atoms with E-state index < -0.39 is 0 Å². The van der Waals surface area contributed by atoms with E-state index in [9.17, 15) is 4.79 Å². The molecule has 19 heavy (non-hydrogen) atoms. The van der Waals surface area contributed by atoms with Crippen LogP contribution < -0.4 is 0 Å². The van der Waals surface area contributed by atoms with E-state index in [1.807, 2.05) is 4.90 Å². The van der Waals surface area contributed by atoms with Crippen molar-refractivity contribution in [3.05, 3.63) is 11.1 Å². The van der Waals surface area contributed by atoms with E-state index >= 15 is 0 Å². The van der Waals surface area contributed by atoms with Gasteiger partial charge in [-0.1, -0.05) is 48.5 Å². The van der Waals surface area contributed by atoms with Gasteiger partial charge < -0.3 is 9.64 Å². The molecule has 1 aliphatic heterocycles. The zero-order valence-electron chi connectivity index (χ0n) is 13.6. The molecular formula is C16H29NO2. The van der Waals surface area contributed by atoms with Crippen LogP contribution in [-0.4, -0.2) is 30.7 Å². The van der Waals surface area contributed by atoms with Crippen molar-refractivity contribution in [3.63, 3.8) is 0 Å². The third-order valence-electron chi connectivity index (χ3n) is 3.62. The molecule has 0 atom stereocenters. The van der Waals surface area contributed by atoms with Gasteiger partial charge in [0, 0.05) is 13.1 Å². The summed E-state index contributed by atoms with van der Waals surface area (Å²) in [5.41, 5.74) is 2.71. The zero-order valence-corrected chi connectivity index (χ0v) is 13.6. The largest absolute Gasteiger partial charge is 0.445 e. The first-order valence-electron chi connectivity index (χ1n) is 7.22. The van der Waals surface area contributed by atoms with E-state index in [4.69, 9.17) is 4.74 Å². The Labute approximate surface area is 118 Å². The van der Waals surface area contributed by atoms with Crippen LogP contribution in [0.15, 0.2) is 11.1 Å². The van der Waals surface area contributed by atoms with Gasteiger partial charge >= 0.3 is 6.09 Å². The number of cyclic esters (lactones) is 1. The minimum atomic E-state index is -0.178. The SMILES string of the molecule is CCCN1CC(C(C)(C)C)=C(C(C)(C)C)COC1=O. The molecule has 110 valence electrons. The van der Waals surface area contributed by atoms with Crippen LogP contribution >= 0.6 is 0 Å². The first-order valence-corrected chi connectivity index (χ1v) is 7.22. The minimum Gasteiger partial charge on any atom is -0.445 e. The highest BCUT2D eigenvalue weighted by molar-refractivity contribution is 5.69. The number of hydrogen-bond acceptors (Lipinski definition) is 2. The van der Waals surface area contributed by atoms with Crippen LogP contribution in [0.2, 0.25) is 0 Å². The molecule has 0 aromatic carbocycles. The second-order valence-corrected chi connectivity index (χ2v) is 7.43. The van der Waals surface area contributed by atoms with Crippen molar-refractivity contribution in [1.82, 2.24) is 4.90 Å². The molecule has 0 aromatic rings. The second-order valence-electron chi connectivity index (χ2n) is 7.43. The van der Waals surface area contributed by atoms with Gasteiger partial charge in [0.25, 0.3) is 0 Å². The predicted octanol–water partition coefficient (Wildman–Crippen LogP) is 4.24. The second kappa shape index (κ2) is 5.56. The van der Waals surface area contributed by atoms with Crippen LogP contribution in [0.4, 0.5) is 4.79 Å². The summed E-state index contributed by atoms with van der Waals surface area (Å²) >= 11 is 0. The van der Waals surface area contributed by atoms with Crippen molar-refractivity contribution in [1.29, 1.82) is 0 Å². The number of carbonyl (C=O) groups excluding carboxylic acids is 1. The number of rotatable bonds is 2. The number of ether oxygens (including phenoxy) is 1. The monoisotopic (exact) mass is 267 g/mol. The molecule has 0 N–H and O–H groups in total. The minimum absolute atomic E-state index is 0.0329. The van der Waals surface area contributed by atoms with Crippen molar-refractivity contribution in [2.24, 2.45) is 10.8 Å². The summed E-state index contributed by atoms with van der Waals surface area (Å²) in [6.07, 6.45) is 0.778. The molecule has 0 unspecified atom stereocenters. The molecule has 0 radical (unpaired) electrons. The smallest absolute Gasteiger partial charge is 0.410 e. The fourth-order valence-electron chi connectivity index (χ4n) is 2.46. The standard InChI is InChI=1S/C16H29NO2/c1-8-9-17-10-12(15(2,3)4)13(16(5,6)7)11-19-14(17)18/h8-11H2,1-7H3. The number of amides is 1. The van der Waals surface area contributed by atoms with Crippen LogP contribution in [0.1, 0.15) is 54.9 Å². The highest BCUT2D eigenvalue weighted by atomic mass is 16.6. The number of hydrogen-bond donors (Lipinski definition) is 0. The summed E-state index contributed by atoms with van der Waals surface area (Å²) in [5, 5.41) is 0. The molecule has 0 bridgehead atoms. The molecule has 1 heterocycles. The molecule has 1 rings (SSSR count). The Morgan fingerprint density at radius 2 is 1.58 bits per heavy atom. The van der Waals surface area contributed by atoms with Gasteiger partial charge in [0.1, 0.15) is 6.61 Å². The first kappa shape index (κ1) is 16.1. The van der Waals surface area contributed by atoms with Crippen molar-refractivity contribution in [3.8, 4) is 0 Å². The van der Waals surface area contributed by atoms with E-state index in [1.165, 1.54) is 11.1 Å². The molecule has 3 nitrogen and oxygen atoms in total. The quantitative estimate of drug-likeness (QED) is 0.700. The fraction of sp³-hybridized carbons (Fsp3) is 0.812. The highest BCUT2D eigenvalue weighted by Gasteiger charge is 2.33. The Kier molecular flexibility index (Phi) is 4.70. The van der Waals surface area contributed by atoms with E-state index in [-0.39, 0.29) is 16.9 Å². The topological polar surface area (TPSA) is 29.5 Å². The maximum absolute atomic E-state index is 12.0. The molecule has 0 aliphatic carbocycles. The van der Waals surface area contributed by atoms with Crippen molar-refractivity contribution in [2.75, 3.05) is 19.7 Å². The predicted molar refractivity (Wildman–Crippen MR) is 79.1 cm³/mol. The maximum atomic E-state index is 12.0. The lowest BCUT2D eigenvalue weighted by Crippen LogP contribution is -2.34. The Hall–Kier alpha value is -0.990. The van der Waals surface area contributed by atoms with Gasteiger partial charge in [-0.2, -0.15) is 0 Å². The fourth-order valence-corrected chi connectivity index (χ4v) is 2.46. The average Bonchev–Trinajstić information content (AvgIpc) is 2.38. The molecule has 1 aliphatic rings.